The number of amides is 1. The summed E-state index contributed by atoms with van der Waals surface area (Å²) in [4.78, 5) is 12.2. The van der Waals surface area contributed by atoms with Gasteiger partial charge >= 0.3 is 0 Å². The number of hydrogen-bond acceptors (Lipinski definition) is 3. The van der Waals surface area contributed by atoms with E-state index in [2.05, 4.69) is 5.32 Å². The SMILES string of the molecule is Cc1cccc(NC(=O)c2cccc(S(C)(=O)=O)c2)c1. The van der Waals surface area contributed by atoms with Gasteiger partial charge in [0.25, 0.3) is 5.91 Å². The van der Waals surface area contributed by atoms with Crippen molar-refractivity contribution in [3.63, 3.8) is 0 Å². The molecule has 0 aromatic heterocycles. The number of sulfone groups is 1. The molecule has 1 amide bonds. The smallest absolute Gasteiger partial charge is 0.255 e. The fraction of sp³-hybridized carbons (Fsp3) is 0.133. The molecule has 0 spiro atoms. The van der Waals surface area contributed by atoms with Crippen LogP contribution in [-0.4, -0.2) is 20.6 Å². The van der Waals surface area contributed by atoms with Crippen molar-refractivity contribution >= 4 is 21.4 Å². The first kappa shape index (κ1) is 14.3. The molecule has 0 saturated carbocycles. The monoisotopic (exact) mass is 289 g/mol. The first-order valence-corrected chi connectivity index (χ1v) is 7.93. The van der Waals surface area contributed by atoms with Gasteiger partial charge in [-0.3, -0.25) is 4.79 Å². The summed E-state index contributed by atoms with van der Waals surface area (Å²) in [6, 6.07) is 13.4. The lowest BCUT2D eigenvalue weighted by atomic mass is 10.2. The lowest BCUT2D eigenvalue weighted by Gasteiger charge is -2.07. The summed E-state index contributed by atoms with van der Waals surface area (Å²) >= 11 is 0. The Morgan fingerprint density at radius 3 is 2.40 bits per heavy atom. The number of benzene rings is 2. The zero-order chi connectivity index (χ0) is 14.8. The van der Waals surface area contributed by atoms with Gasteiger partial charge in [-0.2, -0.15) is 0 Å². The van der Waals surface area contributed by atoms with E-state index in [-0.39, 0.29) is 10.8 Å². The van der Waals surface area contributed by atoms with E-state index in [1.807, 2.05) is 25.1 Å². The van der Waals surface area contributed by atoms with Crippen molar-refractivity contribution in [2.75, 3.05) is 11.6 Å². The van der Waals surface area contributed by atoms with Crippen LogP contribution in [0.1, 0.15) is 15.9 Å². The minimum absolute atomic E-state index is 0.134. The lowest BCUT2D eigenvalue weighted by molar-refractivity contribution is 0.102. The summed E-state index contributed by atoms with van der Waals surface area (Å²) in [5.74, 6) is -0.332. The van der Waals surface area contributed by atoms with Gasteiger partial charge in [-0.15, -0.1) is 0 Å². The average Bonchev–Trinajstić information content (AvgIpc) is 2.38. The highest BCUT2D eigenvalue weighted by Gasteiger charge is 2.11. The summed E-state index contributed by atoms with van der Waals surface area (Å²) in [5, 5.41) is 2.74. The van der Waals surface area contributed by atoms with Crippen molar-refractivity contribution in [2.45, 2.75) is 11.8 Å². The number of rotatable bonds is 3. The second kappa shape index (κ2) is 5.46. The van der Waals surface area contributed by atoms with Gasteiger partial charge < -0.3 is 5.32 Å². The molecule has 20 heavy (non-hydrogen) atoms. The molecule has 0 aliphatic carbocycles. The maximum Gasteiger partial charge on any atom is 0.255 e. The minimum atomic E-state index is -3.32. The van der Waals surface area contributed by atoms with Crippen molar-refractivity contribution in [3.8, 4) is 0 Å². The Labute approximate surface area is 118 Å². The predicted molar refractivity (Wildman–Crippen MR) is 78.7 cm³/mol. The summed E-state index contributed by atoms with van der Waals surface area (Å²) in [6.07, 6.45) is 1.12. The normalized spacial score (nSPS) is 11.1. The van der Waals surface area contributed by atoms with Crippen molar-refractivity contribution < 1.29 is 13.2 Å². The van der Waals surface area contributed by atoms with Crippen LogP contribution >= 0.6 is 0 Å². The summed E-state index contributed by atoms with van der Waals surface area (Å²) in [6.45, 7) is 1.93. The van der Waals surface area contributed by atoms with E-state index in [0.717, 1.165) is 11.8 Å². The van der Waals surface area contributed by atoms with Crippen LogP contribution in [0.2, 0.25) is 0 Å². The summed E-state index contributed by atoms with van der Waals surface area (Å²) in [7, 11) is -3.32. The van der Waals surface area contributed by atoms with Gasteiger partial charge in [-0.25, -0.2) is 8.42 Å². The Kier molecular flexibility index (Phi) is 3.90. The van der Waals surface area contributed by atoms with Crippen LogP contribution in [0.3, 0.4) is 0 Å². The van der Waals surface area contributed by atoms with Crippen molar-refractivity contribution in [3.05, 3.63) is 59.7 Å². The zero-order valence-corrected chi connectivity index (χ0v) is 12.1. The third kappa shape index (κ3) is 3.45. The highest BCUT2D eigenvalue weighted by Crippen LogP contribution is 2.14. The molecule has 2 aromatic rings. The molecule has 0 atom stereocenters. The summed E-state index contributed by atoms with van der Waals surface area (Å²) in [5.41, 5.74) is 2.03. The molecular formula is C15H15NO3S. The molecule has 4 nitrogen and oxygen atoms in total. The number of carbonyl (C=O) groups excluding carboxylic acids is 1. The molecule has 1 N–H and O–H groups in total. The third-order valence-corrected chi connectivity index (χ3v) is 3.91. The molecule has 0 aliphatic rings. The molecule has 0 bridgehead atoms. The van der Waals surface area contributed by atoms with Gasteiger partial charge in [-0.1, -0.05) is 18.2 Å². The van der Waals surface area contributed by atoms with Gasteiger partial charge in [0.2, 0.25) is 0 Å². The van der Waals surface area contributed by atoms with E-state index in [9.17, 15) is 13.2 Å². The second-order valence-electron chi connectivity index (χ2n) is 4.62. The number of anilines is 1. The standard InChI is InChI=1S/C15H15NO3S/c1-11-5-3-7-13(9-11)16-15(17)12-6-4-8-14(10-12)20(2,18)19/h3-10H,1-2H3,(H,16,17). The van der Waals surface area contributed by atoms with Crippen molar-refractivity contribution in [2.24, 2.45) is 0 Å². The maximum absolute atomic E-state index is 12.1. The van der Waals surface area contributed by atoms with Crippen LogP contribution in [0, 0.1) is 6.92 Å². The zero-order valence-electron chi connectivity index (χ0n) is 11.3. The van der Waals surface area contributed by atoms with Crippen LogP contribution < -0.4 is 5.32 Å². The molecule has 0 fully saturated rings. The van der Waals surface area contributed by atoms with Gasteiger partial charge in [0, 0.05) is 17.5 Å². The Balaban J connectivity index is 2.26. The van der Waals surface area contributed by atoms with Crippen LogP contribution in [0.5, 0.6) is 0 Å². The topological polar surface area (TPSA) is 63.2 Å². The molecule has 0 aliphatic heterocycles. The Morgan fingerprint density at radius 1 is 1.05 bits per heavy atom. The van der Waals surface area contributed by atoms with Crippen molar-refractivity contribution in [1.29, 1.82) is 0 Å². The van der Waals surface area contributed by atoms with Crippen molar-refractivity contribution in [1.82, 2.24) is 0 Å². The van der Waals surface area contributed by atoms with Crippen LogP contribution in [0.4, 0.5) is 5.69 Å². The molecule has 2 rings (SSSR count). The molecule has 0 saturated heterocycles. The number of nitrogens with one attached hydrogen (secondary N) is 1. The largest absolute Gasteiger partial charge is 0.322 e. The Bertz CT molecular complexity index is 751. The van der Waals surface area contributed by atoms with Gasteiger partial charge in [0.15, 0.2) is 9.84 Å². The highest BCUT2D eigenvalue weighted by molar-refractivity contribution is 7.90. The molecule has 0 radical (unpaired) electrons. The molecule has 2 aromatic carbocycles. The molecule has 0 heterocycles. The molecular weight excluding hydrogens is 274 g/mol. The van der Waals surface area contributed by atoms with Crippen LogP contribution in [0.25, 0.3) is 0 Å². The fourth-order valence-electron chi connectivity index (χ4n) is 1.79. The second-order valence-corrected chi connectivity index (χ2v) is 6.64. The van der Waals surface area contributed by atoms with Gasteiger partial charge in [-0.05, 0) is 42.8 Å². The van der Waals surface area contributed by atoms with E-state index >= 15 is 0 Å². The highest BCUT2D eigenvalue weighted by atomic mass is 32.2. The van der Waals surface area contributed by atoms with E-state index in [4.69, 9.17) is 0 Å². The quantitative estimate of drug-likeness (QED) is 0.944. The fourth-order valence-corrected chi connectivity index (χ4v) is 2.46. The van der Waals surface area contributed by atoms with Crippen LogP contribution in [0.15, 0.2) is 53.4 Å². The number of carbonyl (C=O) groups is 1. The van der Waals surface area contributed by atoms with Crippen LogP contribution in [-0.2, 0) is 9.84 Å². The first-order chi connectivity index (χ1) is 9.36. The maximum atomic E-state index is 12.1. The minimum Gasteiger partial charge on any atom is -0.322 e. The molecule has 104 valence electrons. The van der Waals surface area contributed by atoms with E-state index in [0.29, 0.717) is 11.3 Å². The average molecular weight is 289 g/mol. The number of aryl methyl sites for hydroxylation is 1. The molecule has 5 heteroatoms. The third-order valence-electron chi connectivity index (χ3n) is 2.80. The van der Waals surface area contributed by atoms with E-state index in [1.54, 1.807) is 18.2 Å². The first-order valence-electron chi connectivity index (χ1n) is 6.04. The Morgan fingerprint density at radius 2 is 1.75 bits per heavy atom. The predicted octanol–water partition coefficient (Wildman–Crippen LogP) is 2.65. The van der Waals surface area contributed by atoms with Gasteiger partial charge in [0.05, 0.1) is 4.90 Å². The van der Waals surface area contributed by atoms with Gasteiger partial charge in [0.1, 0.15) is 0 Å². The Hall–Kier alpha value is -2.14. The lowest BCUT2D eigenvalue weighted by Crippen LogP contribution is -2.12. The number of hydrogen-bond donors (Lipinski definition) is 1. The van der Waals surface area contributed by atoms with E-state index in [1.165, 1.54) is 12.1 Å². The van der Waals surface area contributed by atoms with E-state index < -0.39 is 9.84 Å². The molecule has 0 unspecified atom stereocenters. The summed E-state index contributed by atoms with van der Waals surface area (Å²) < 4.78 is 23.0.